The number of nitrogens with zero attached hydrogens (tertiary/aromatic N) is 1. The lowest BCUT2D eigenvalue weighted by Gasteiger charge is -2.58. The molecule has 4 saturated carbocycles. The van der Waals surface area contributed by atoms with E-state index in [9.17, 15) is 15.0 Å². The second-order valence-corrected chi connectivity index (χ2v) is 15.7. The molecule has 4 heteroatoms. The lowest BCUT2D eigenvalue weighted by Crippen LogP contribution is -2.51. The molecule has 1 aliphatic heterocycles. The van der Waals surface area contributed by atoms with Gasteiger partial charge in [0.2, 0.25) is 5.91 Å². The molecular formula is C35H57NO3. The van der Waals surface area contributed by atoms with Crippen LogP contribution in [-0.4, -0.2) is 45.8 Å². The zero-order chi connectivity index (χ0) is 27.4. The lowest BCUT2D eigenvalue weighted by molar-refractivity contribution is -0.139. The van der Waals surface area contributed by atoms with Gasteiger partial charge in [0.1, 0.15) is 0 Å². The number of aliphatic hydroxyl groups excluding tert-OH is 1. The van der Waals surface area contributed by atoms with Crippen LogP contribution in [-0.2, 0) is 4.79 Å². The van der Waals surface area contributed by atoms with Gasteiger partial charge in [-0.1, -0.05) is 51.7 Å². The fourth-order valence-electron chi connectivity index (χ4n) is 11.5. The highest BCUT2D eigenvalue weighted by Gasteiger charge is 2.59. The summed E-state index contributed by atoms with van der Waals surface area (Å²) in [5.41, 5.74) is 1.78. The molecule has 0 aromatic heterocycles. The first-order chi connectivity index (χ1) is 18.6. The highest BCUT2D eigenvalue weighted by atomic mass is 16.3. The molecule has 1 saturated heterocycles. The van der Waals surface area contributed by atoms with Gasteiger partial charge in [0.25, 0.3) is 0 Å². The molecule has 1 amide bonds. The molecule has 4 nitrogen and oxygen atoms in total. The summed E-state index contributed by atoms with van der Waals surface area (Å²) in [6.45, 7) is 9.09. The summed E-state index contributed by atoms with van der Waals surface area (Å²) in [6.07, 6.45) is 21.5. The van der Waals surface area contributed by atoms with Crippen LogP contribution in [0.3, 0.4) is 0 Å². The van der Waals surface area contributed by atoms with Crippen molar-refractivity contribution in [3.8, 4) is 0 Å². The molecule has 5 fully saturated rings. The largest absolute Gasteiger partial charge is 0.393 e. The highest BCUT2D eigenvalue weighted by Crippen LogP contribution is 2.67. The van der Waals surface area contributed by atoms with Crippen molar-refractivity contribution in [1.29, 1.82) is 0 Å². The summed E-state index contributed by atoms with van der Waals surface area (Å²) in [7, 11) is 0. The number of fused-ring (bicyclic) bond motifs is 5. The Morgan fingerprint density at radius 3 is 2.46 bits per heavy atom. The summed E-state index contributed by atoms with van der Waals surface area (Å²) in [4.78, 5) is 15.3. The van der Waals surface area contributed by atoms with Crippen LogP contribution < -0.4 is 0 Å². The van der Waals surface area contributed by atoms with Crippen molar-refractivity contribution in [2.45, 2.75) is 142 Å². The van der Waals surface area contributed by atoms with Crippen molar-refractivity contribution in [2.24, 2.45) is 46.3 Å². The van der Waals surface area contributed by atoms with Crippen molar-refractivity contribution >= 4 is 5.91 Å². The van der Waals surface area contributed by atoms with E-state index in [1.165, 1.54) is 70.6 Å². The molecule has 8 atom stereocenters. The van der Waals surface area contributed by atoms with Gasteiger partial charge in [-0.25, -0.2) is 0 Å². The Kier molecular flexibility index (Phi) is 7.79. The van der Waals surface area contributed by atoms with E-state index >= 15 is 0 Å². The van der Waals surface area contributed by atoms with Gasteiger partial charge in [-0.3, -0.25) is 4.79 Å². The normalized spacial score (nSPS) is 43.2. The van der Waals surface area contributed by atoms with Crippen molar-refractivity contribution in [1.82, 2.24) is 4.90 Å². The van der Waals surface area contributed by atoms with Gasteiger partial charge in [0, 0.05) is 19.5 Å². The maximum Gasteiger partial charge on any atom is 0.222 e. The fraction of sp³-hybridized carbons (Fsp3) is 0.914. The number of hydrogen-bond acceptors (Lipinski definition) is 3. The molecule has 0 aromatic rings. The predicted molar refractivity (Wildman–Crippen MR) is 157 cm³/mol. The van der Waals surface area contributed by atoms with Gasteiger partial charge in [-0.2, -0.15) is 0 Å². The predicted octanol–water partition coefficient (Wildman–Crippen LogP) is 7.28. The molecule has 6 aliphatic rings. The molecule has 6 rings (SSSR count). The Balaban J connectivity index is 1.03. The maximum atomic E-state index is 13.3. The van der Waals surface area contributed by atoms with Gasteiger partial charge >= 0.3 is 0 Å². The van der Waals surface area contributed by atoms with Crippen molar-refractivity contribution in [2.75, 3.05) is 13.1 Å². The summed E-state index contributed by atoms with van der Waals surface area (Å²) >= 11 is 0. The van der Waals surface area contributed by atoms with Crippen LogP contribution in [0.5, 0.6) is 0 Å². The molecule has 5 aliphatic carbocycles. The highest BCUT2D eigenvalue weighted by molar-refractivity contribution is 5.76. The average Bonchev–Trinajstić information content (AvgIpc) is 3.30. The Morgan fingerprint density at radius 2 is 1.72 bits per heavy atom. The van der Waals surface area contributed by atoms with Crippen LogP contribution in [0.4, 0.5) is 0 Å². The summed E-state index contributed by atoms with van der Waals surface area (Å²) in [5, 5.41) is 21.6. The summed E-state index contributed by atoms with van der Waals surface area (Å²) < 4.78 is 0. The number of piperidine rings is 1. The van der Waals surface area contributed by atoms with Crippen LogP contribution in [0.15, 0.2) is 11.6 Å². The van der Waals surface area contributed by atoms with Crippen LogP contribution in [0, 0.1) is 46.3 Å². The third kappa shape index (κ3) is 4.96. The van der Waals surface area contributed by atoms with Gasteiger partial charge in [-0.15, -0.1) is 0 Å². The van der Waals surface area contributed by atoms with E-state index in [2.05, 4.69) is 31.7 Å². The Hall–Kier alpha value is -0.870. The molecule has 0 aromatic carbocycles. The minimum atomic E-state index is -0.527. The SMILES string of the molecule is CC(CCC(=O)N1CCC(O)(C2CCCCC2)CC1)[C@H]1CC[C@H]2[C@@H]3CC=C4C[C@@H](O)CC[C@]4(C)[C@H]3CC[C@]12C. The number of amides is 1. The Morgan fingerprint density at radius 1 is 0.974 bits per heavy atom. The van der Waals surface area contributed by atoms with Gasteiger partial charge in [-0.05, 0) is 130 Å². The average molecular weight is 540 g/mol. The Bertz CT molecular complexity index is 930. The molecule has 0 radical (unpaired) electrons. The van der Waals surface area contributed by atoms with Gasteiger partial charge in [0.15, 0.2) is 0 Å². The molecule has 39 heavy (non-hydrogen) atoms. The molecule has 220 valence electrons. The standard InChI is InChI=1S/C35H57NO3/c1-24(9-14-32(38)36-21-19-35(39,20-22-36)25-7-5-4-6-8-25)29-12-13-30-28-11-10-26-23-27(37)15-17-33(26,2)31(28)16-18-34(29,30)3/h10,24-25,27-31,37,39H,4-9,11-23H2,1-3H3/t24?,27-,28-,29+,30-,31-,33-,34+/m0/s1. The van der Waals surface area contributed by atoms with E-state index < -0.39 is 5.60 Å². The quantitative estimate of drug-likeness (QED) is 0.361. The first-order valence-electron chi connectivity index (χ1n) is 17.0. The molecule has 0 spiro atoms. The van der Waals surface area contributed by atoms with Gasteiger partial charge in [0.05, 0.1) is 11.7 Å². The van der Waals surface area contributed by atoms with E-state index in [0.29, 0.717) is 35.0 Å². The topological polar surface area (TPSA) is 60.8 Å². The van der Waals surface area contributed by atoms with Crippen LogP contribution in [0.25, 0.3) is 0 Å². The van der Waals surface area contributed by atoms with Crippen LogP contribution in [0.2, 0.25) is 0 Å². The minimum absolute atomic E-state index is 0.123. The first kappa shape index (κ1) is 28.3. The smallest absolute Gasteiger partial charge is 0.222 e. The van der Waals surface area contributed by atoms with E-state index in [1.807, 2.05) is 0 Å². The fourth-order valence-corrected chi connectivity index (χ4v) is 11.5. The molecule has 2 N–H and O–H groups in total. The number of carbonyl (C=O) groups excluding carboxylic acids is 1. The van der Waals surface area contributed by atoms with E-state index in [0.717, 1.165) is 68.9 Å². The zero-order valence-electron chi connectivity index (χ0n) is 25.3. The molecule has 1 heterocycles. The number of hydrogen-bond donors (Lipinski definition) is 2. The third-order valence-corrected chi connectivity index (χ3v) is 14.0. The number of rotatable bonds is 5. The minimum Gasteiger partial charge on any atom is -0.393 e. The maximum absolute atomic E-state index is 13.3. The van der Waals surface area contributed by atoms with E-state index in [1.54, 1.807) is 5.57 Å². The number of likely N-dealkylation sites (tertiary alicyclic amines) is 1. The van der Waals surface area contributed by atoms with Crippen LogP contribution in [0.1, 0.15) is 130 Å². The number of aliphatic hydroxyl groups is 2. The number of carbonyl (C=O) groups is 1. The molecule has 0 bridgehead atoms. The first-order valence-corrected chi connectivity index (χ1v) is 17.0. The van der Waals surface area contributed by atoms with E-state index in [-0.39, 0.29) is 6.10 Å². The lowest BCUT2D eigenvalue weighted by atomic mass is 9.47. The zero-order valence-corrected chi connectivity index (χ0v) is 25.3. The van der Waals surface area contributed by atoms with Crippen molar-refractivity contribution in [3.05, 3.63) is 11.6 Å². The van der Waals surface area contributed by atoms with Crippen LogP contribution >= 0.6 is 0 Å². The second-order valence-electron chi connectivity index (χ2n) is 15.7. The van der Waals surface area contributed by atoms with E-state index in [4.69, 9.17) is 0 Å². The Labute approximate surface area is 238 Å². The molecule has 1 unspecified atom stereocenters. The third-order valence-electron chi connectivity index (χ3n) is 14.0. The second kappa shape index (κ2) is 10.8. The number of allylic oxidation sites excluding steroid dienone is 1. The summed E-state index contributed by atoms with van der Waals surface area (Å²) in [5.74, 6) is 4.54. The van der Waals surface area contributed by atoms with Crippen molar-refractivity contribution in [3.63, 3.8) is 0 Å². The summed E-state index contributed by atoms with van der Waals surface area (Å²) in [6, 6.07) is 0. The van der Waals surface area contributed by atoms with Crippen molar-refractivity contribution < 1.29 is 15.0 Å². The van der Waals surface area contributed by atoms with Gasteiger partial charge < -0.3 is 15.1 Å². The monoisotopic (exact) mass is 539 g/mol. The molecular weight excluding hydrogens is 482 g/mol.